The summed E-state index contributed by atoms with van der Waals surface area (Å²) in [6.45, 7) is -0.200. The summed E-state index contributed by atoms with van der Waals surface area (Å²) in [6.07, 6.45) is 2.54. The molecule has 3 aliphatic rings. The predicted octanol–water partition coefficient (Wildman–Crippen LogP) is 2.30. The van der Waals surface area contributed by atoms with Crippen LogP contribution < -0.4 is 0 Å². The van der Waals surface area contributed by atoms with Crippen molar-refractivity contribution in [1.29, 1.82) is 0 Å². The van der Waals surface area contributed by atoms with E-state index in [1.165, 1.54) is 5.01 Å². The summed E-state index contributed by atoms with van der Waals surface area (Å²) in [4.78, 5) is 37.3. The number of carbonyl (C=O) groups is 3. The quantitative estimate of drug-likeness (QED) is 0.512. The zero-order chi connectivity index (χ0) is 16.8. The standard InChI is InChI=1S/C12H12Cl3N3O5/c13-12(14,15)6-23-11(21)18-8-2-1-7(5-8)17(18)9(19)16-3-4-22-10(16)20/h1-2,7-8H,3-6H2/t7-,8+/m0/s1. The van der Waals surface area contributed by atoms with E-state index < -0.39 is 28.6 Å². The number of nitrogens with zero attached hydrogens (tertiary/aromatic N) is 3. The number of ether oxygens (including phenoxy) is 2. The summed E-state index contributed by atoms with van der Waals surface area (Å²) in [5.74, 6) is 0. The normalized spacial score (nSPS) is 26.0. The molecular weight excluding hydrogens is 373 g/mol. The Morgan fingerprint density at radius 2 is 1.91 bits per heavy atom. The Morgan fingerprint density at radius 3 is 2.48 bits per heavy atom. The lowest BCUT2D eigenvalue weighted by Crippen LogP contribution is -2.56. The van der Waals surface area contributed by atoms with Gasteiger partial charge in [-0.15, -0.1) is 0 Å². The molecule has 0 unspecified atom stereocenters. The minimum atomic E-state index is -1.75. The van der Waals surface area contributed by atoms with Crippen LogP contribution in [-0.4, -0.2) is 68.8 Å². The van der Waals surface area contributed by atoms with Gasteiger partial charge in [0.05, 0.1) is 18.6 Å². The number of amides is 4. The van der Waals surface area contributed by atoms with Gasteiger partial charge in [0.15, 0.2) is 0 Å². The topological polar surface area (TPSA) is 79.4 Å². The van der Waals surface area contributed by atoms with E-state index in [1.54, 1.807) is 12.2 Å². The molecule has 2 heterocycles. The molecule has 0 aromatic heterocycles. The number of halogens is 3. The van der Waals surface area contributed by atoms with Crippen LogP contribution in [0, 0.1) is 0 Å². The SMILES string of the molecule is O=C1OCCN1C(=O)N1[C@H]2C=C[C@H](C2)N1C(=O)OCC(Cl)(Cl)Cl. The first kappa shape index (κ1) is 16.5. The van der Waals surface area contributed by atoms with Crippen LogP contribution >= 0.6 is 34.8 Å². The predicted molar refractivity (Wildman–Crippen MR) is 80.1 cm³/mol. The van der Waals surface area contributed by atoms with Crippen LogP contribution in [0.2, 0.25) is 0 Å². The van der Waals surface area contributed by atoms with E-state index in [-0.39, 0.29) is 25.2 Å². The highest BCUT2D eigenvalue weighted by Crippen LogP contribution is 2.35. The minimum absolute atomic E-state index is 0.125. The van der Waals surface area contributed by atoms with E-state index in [2.05, 4.69) is 0 Å². The minimum Gasteiger partial charge on any atom is -0.447 e. The van der Waals surface area contributed by atoms with Crippen LogP contribution in [0.5, 0.6) is 0 Å². The Bertz CT molecular complexity index is 579. The molecule has 0 N–H and O–H groups in total. The average Bonchev–Trinajstić information content (AvgIpc) is 3.17. The van der Waals surface area contributed by atoms with Crippen LogP contribution in [0.4, 0.5) is 14.4 Å². The second-order valence-corrected chi connectivity index (χ2v) is 7.68. The number of hydrazine groups is 1. The maximum Gasteiger partial charge on any atom is 0.429 e. The summed E-state index contributed by atoms with van der Waals surface area (Å²) < 4.78 is 7.94. The molecule has 0 radical (unpaired) electrons. The maximum atomic E-state index is 12.6. The molecule has 8 nitrogen and oxygen atoms in total. The van der Waals surface area contributed by atoms with E-state index in [9.17, 15) is 14.4 Å². The second-order valence-electron chi connectivity index (χ2n) is 5.16. The van der Waals surface area contributed by atoms with Gasteiger partial charge in [-0.25, -0.2) is 29.3 Å². The van der Waals surface area contributed by atoms with Crippen molar-refractivity contribution in [3.63, 3.8) is 0 Å². The van der Waals surface area contributed by atoms with Crippen molar-refractivity contribution in [2.75, 3.05) is 19.8 Å². The van der Waals surface area contributed by atoms with E-state index in [0.29, 0.717) is 6.42 Å². The highest BCUT2D eigenvalue weighted by molar-refractivity contribution is 6.67. The van der Waals surface area contributed by atoms with Crippen LogP contribution in [-0.2, 0) is 9.47 Å². The average molecular weight is 385 g/mol. The number of cyclic esters (lactones) is 1. The highest BCUT2D eigenvalue weighted by Gasteiger charge is 2.50. The first-order valence-electron chi connectivity index (χ1n) is 6.76. The van der Waals surface area contributed by atoms with Gasteiger partial charge in [0.2, 0.25) is 3.79 Å². The number of hydrogen-bond acceptors (Lipinski definition) is 5. The maximum absolute atomic E-state index is 12.6. The van der Waals surface area contributed by atoms with Crippen molar-refractivity contribution >= 4 is 53.0 Å². The summed E-state index contributed by atoms with van der Waals surface area (Å²) in [5.41, 5.74) is 0. The number of fused-ring (bicyclic) bond motifs is 2. The zero-order valence-electron chi connectivity index (χ0n) is 11.7. The number of imide groups is 1. The zero-order valence-corrected chi connectivity index (χ0v) is 13.9. The fourth-order valence-corrected chi connectivity index (χ4v) is 2.86. The number of alkyl halides is 3. The Hall–Kier alpha value is -1.38. The van der Waals surface area contributed by atoms with Gasteiger partial charge < -0.3 is 9.47 Å². The Labute approximate surface area is 146 Å². The molecule has 2 aliphatic heterocycles. The lowest BCUT2D eigenvalue weighted by Gasteiger charge is -2.35. The molecule has 0 saturated carbocycles. The number of hydrogen-bond donors (Lipinski definition) is 0. The summed E-state index contributed by atoms with van der Waals surface area (Å²) in [6, 6.07) is -1.32. The molecular formula is C12H12Cl3N3O5. The summed E-state index contributed by atoms with van der Waals surface area (Å²) in [7, 11) is 0. The largest absolute Gasteiger partial charge is 0.447 e. The molecule has 0 aromatic rings. The Kier molecular flexibility index (Phi) is 4.24. The van der Waals surface area contributed by atoms with Crippen molar-refractivity contribution in [1.82, 2.24) is 14.9 Å². The molecule has 2 bridgehead atoms. The highest BCUT2D eigenvalue weighted by atomic mass is 35.6. The monoisotopic (exact) mass is 383 g/mol. The molecule has 2 atom stereocenters. The van der Waals surface area contributed by atoms with Crippen molar-refractivity contribution in [3.05, 3.63) is 12.2 Å². The first-order valence-corrected chi connectivity index (χ1v) is 7.90. The van der Waals surface area contributed by atoms with Gasteiger partial charge >= 0.3 is 18.2 Å². The molecule has 2 saturated heterocycles. The molecule has 3 rings (SSSR count). The Morgan fingerprint density at radius 1 is 1.26 bits per heavy atom. The van der Waals surface area contributed by atoms with Gasteiger partial charge in [-0.05, 0) is 6.42 Å². The van der Waals surface area contributed by atoms with E-state index >= 15 is 0 Å². The lowest BCUT2D eigenvalue weighted by atomic mass is 10.2. The number of carbonyl (C=O) groups excluding carboxylic acids is 3. The van der Waals surface area contributed by atoms with Crippen molar-refractivity contribution < 1.29 is 23.9 Å². The van der Waals surface area contributed by atoms with Gasteiger partial charge in [0, 0.05) is 0 Å². The Balaban J connectivity index is 1.75. The summed E-state index contributed by atoms with van der Waals surface area (Å²) >= 11 is 16.7. The third-order valence-electron chi connectivity index (χ3n) is 3.63. The first-order chi connectivity index (χ1) is 10.8. The molecule has 23 heavy (non-hydrogen) atoms. The van der Waals surface area contributed by atoms with Crippen LogP contribution in [0.1, 0.15) is 6.42 Å². The second kappa shape index (κ2) is 5.92. The lowest BCUT2D eigenvalue weighted by molar-refractivity contribution is 0.00534. The smallest absolute Gasteiger partial charge is 0.429 e. The van der Waals surface area contributed by atoms with Crippen molar-refractivity contribution in [3.8, 4) is 0 Å². The molecule has 126 valence electrons. The number of urea groups is 1. The molecule has 11 heteroatoms. The molecule has 1 aliphatic carbocycles. The summed E-state index contributed by atoms with van der Waals surface area (Å²) in [5, 5.41) is 2.31. The molecule has 2 fully saturated rings. The van der Waals surface area contributed by atoms with Gasteiger partial charge in [-0.2, -0.15) is 0 Å². The molecule has 0 spiro atoms. The van der Waals surface area contributed by atoms with Crippen LogP contribution in [0.3, 0.4) is 0 Å². The van der Waals surface area contributed by atoms with E-state index in [1.807, 2.05) is 0 Å². The van der Waals surface area contributed by atoms with E-state index in [0.717, 1.165) is 9.91 Å². The van der Waals surface area contributed by atoms with Crippen molar-refractivity contribution in [2.45, 2.75) is 22.3 Å². The third kappa shape index (κ3) is 3.15. The van der Waals surface area contributed by atoms with Crippen LogP contribution in [0.15, 0.2) is 12.2 Å². The van der Waals surface area contributed by atoms with Gasteiger partial charge in [-0.3, -0.25) is 0 Å². The van der Waals surface area contributed by atoms with Gasteiger partial charge in [-0.1, -0.05) is 47.0 Å². The van der Waals surface area contributed by atoms with Gasteiger partial charge in [0.1, 0.15) is 13.2 Å². The van der Waals surface area contributed by atoms with Crippen molar-refractivity contribution in [2.24, 2.45) is 0 Å². The van der Waals surface area contributed by atoms with E-state index in [4.69, 9.17) is 44.3 Å². The van der Waals surface area contributed by atoms with Gasteiger partial charge in [0.25, 0.3) is 0 Å². The molecule has 4 amide bonds. The molecule has 0 aromatic carbocycles. The third-order valence-corrected chi connectivity index (χ3v) is 3.96. The fraction of sp³-hybridized carbons (Fsp3) is 0.583. The van der Waals surface area contributed by atoms with Crippen LogP contribution in [0.25, 0.3) is 0 Å². The number of rotatable bonds is 1. The fourth-order valence-electron chi connectivity index (χ4n) is 2.70.